The van der Waals surface area contributed by atoms with Crippen molar-refractivity contribution in [2.75, 3.05) is 0 Å². The van der Waals surface area contributed by atoms with Crippen LogP contribution in [0.4, 0.5) is 4.79 Å². The number of aliphatic hydroxyl groups is 1. The number of nitrogens with one attached hydrogen (secondary N) is 2. The van der Waals surface area contributed by atoms with Crippen LogP contribution in [0.2, 0.25) is 0 Å². The second kappa shape index (κ2) is 5.83. The van der Waals surface area contributed by atoms with Crippen LogP contribution in [0.1, 0.15) is 27.1 Å². The van der Waals surface area contributed by atoms with Crippen molar-refractivity contribution in [3.05, 3.63) is 51.5 Å². The second-order valence-corrected chi connectivity index (χ2v) is 6.46. The smallest absolute Gasteiger partial charge is 0.315 e. The molecule has 0 aliphatic heterocycles. The molecule has 1 aliphatic rings. The first-order valence-corrected chi connectivity index (χ1v) is 7.66. The third kappa shape index (κ3) is 3.06. The number of rotatable bonds is 3. The quantitative estimate of drug-likeness (QED) is 0.811. The highest BCUT2D eigenvalue weighted by molar-refractivity contribution is 7.11. The number of hydrogen-bond acceptors (Lipinski definition) is 4. The summed E-state index contributed by atoms with van der Waals surface area (Å²) in [7, 11) is 0. The summed E-state index contributed by atoms with van der Waals surface area (Å²) in [6, 6.07) is 7.15. The molecule has 0 spiro atoms. The van der Waals surface area contributed by atoms with Crippen LogP contribution in [-0.4, -0.2) is 22.2 Å². The van der Waals surface area contributed by atoms with Gasteiger partial charge in [0.05, 0.1) is 18.7 Å². The van der Waals surface area contributed by atoms with Gasteiger partial charge in [-0.1, -0.05) is 24.3 Å². The average Bonchev–Trinajstić information content (AvgIpc) is 3.01. The summed E-state index contributed by atoms with van der Waals surface area (Å²) in [4.78, 5) is 17.3. The molecule has 0 saturated carbocycles. The maximum Gasteiger partial charge on any atom is 0.315 e. The van der Waals surface area contributed by atoms with Crippen LogP contribution in [0.15, 0.2) is 30.5 Å². The fourth-order valence-corrected chi connectivity index (χ4v) is 3.31. The Morgan fingerprint density at radius 3 is 3.05 bits per heavy atom. The number of urea groups is 1. The Kier molecular flexibility index (Phi) is 3.90. The van der Waals surface area contributed by atoms with E-state index in [-0.39, 0.29) is 12.1 Å². The van der Waals surface area contributed by atoms with Crippen molar-refractivity contribution in [3.63, 3.8) is 0 Å². The number of fused-ring (bicyclic) bond motifs is 1. The number of aromatic nitrogens is 1. The zero-order chi connectivity index (χ0) is 14.8. The van der Waals surface area contributed by atoms with Gasteiger partial charge in [0.1, 0.15) is 5.01 Å². The zero-order valence-corrected chi connectivity index (χ0v) is 12.5. The van der Waals surface area contributed by atoms with E-state index in [4.69, 9.17) is 0 Å². The molecule has 1 aliphatic carbocycles. The van der Waals surface area contributed by atoms with Gasteiger partial charge in [0, 0.05) is 17.5 Å². The molecule has 0 radical (unpaired) electrons. The molecule has 2 aromatic rings. The van der Waals surface area contributed by atoms with E-state index < -0.39 is 6.10 Å². The molecular formula is C15H17N3O2S. The van der Waals surface area contributed by atoms with Gasteiger partial charge < -0.3 is 15.7 Å². The summed E-state index contributed by atoms with van der Waals surface area (Å²) >= 11 is 1.56. The van der Waals surface area contributed by atoms with E-state index in [2.05, 4.69) is 15.6 Å². The normalized spacial score (nSPS) is 20.1. The van der Waals surface area contributed by atoms with E-state index in [1.165, 1.54) is 0 Å². The van der Waals surface area contributed by atoms with Crippen molar-refractivity contribution in [3.8, 4) is 0 Å². The Balaban J connectivity index is 1.60. The molecule has 110 valence electrons. The lowest BCUT2D eigenvalue weighted by Crippen LogP contribution is -2.40. The highest BCUT2D eigenvalue weighted by atomic mass is 32.1. The lowest BCUT2D eigenvalue weighted by atomic mass is 10.1. The molecule has 2 unspecified atom stereocenters. The van der Waals surface area contributed by atoms with Gasteiger partial charge in [0.15, 0.2) is 0 Å². The number of aryl methyl sites for hydroxylation is 1. The molecule has 2 atom stereocenters. The van der Waals surface area contributed by atoms with Crippen LogP contribution in [0.5, 0.6) is 0 Å². The standard InChI is InChI=1S/C15H17N3O2S/c1-9-7-16-13(21-9)8-17-15(20)18-14-11-5-3-2-4-10(11)6-12(14)19/h2-5,7,12,14,19H,6,8H2,1H3,(H2,17,18,20). The summed E-state index contributed by atoms with van der Waals surface area (Å²) in [5.74, 6) is 0. The second-order valence-electron chi connectivity index (χ2n) is 5.14. The van der Waals surface area contributed by atoms with Crippen LogP contribution in [0, 0.1) is 6.92 Å². The van der Waals surface area contributed by atoms with E-state index in [0.29, 0.717) is 13.0 Å². The van der Waals surface area contributed by atoms with Crippen molar-refractivity contribution in [1.29, 1.82) is 0 Å². The third-order valence-electron chi connectivity index (χ3n) is 3.56. The SMILES string of the molecule is Cc1cnc(CNC(=O)NC2c3ccccc3CC2O)s1. The first-order valence-electron chi connectivity index (χ1n) is 6.85. The van der Waals surface area contributed by atoms with Gasteiger partial charge in [-0.05, 0) is 18.1 Å². The predicted molar refractivity (Wildman–Crippen MR) is 81.1 cm³/mol. The molecule has 0 saturated heterocycles. The van der Waals surface area contributed by atoms with Crippen molar-refractivity contribution < 1.29 is 9.90 Å². The molecular weight excluding hydrogens is 286 g/mol. The summed E-state index contributed by atoms with van der Waals surface area (Å²) in [6.45, 7) is 2.38. The van der Waals surface area contributed by atoms with E-state index >= 15 is 0 Å². The monoisotopic (exact) mass is 303 g/mol. The minimum absolute atomic E-state index is 0.288. The number of amides is 2. The van der Waals surface area contributed by atoms with Crippen molar-refractivity contribution in [2.45, 2.75) is 32.0 Å². The highest BCUT2D eigenvalue weighted by Crippen LogP contribution is 2.31. The Bertz CT molecular complexity index is 656. The molecule has 0 bridgehead atoms. The molecule has 5 nitrogen and oxygen atoms in total. The fourth-order valence-electron chi connectivity index (χ4n) is 2.58. The number of aliphatic hydroxyl groups excluding tert-OH is 1. The molecule has 1 aromatic heterocycles. The van der Waals surface area contributed by atoms with Gasteiger partial charge in [0.2, 0.25) is 0 Å². The van der Waals surface area contributed by atoms with E-state index in [0.717, 1.165) is 21.0 Å². The maximum atomic E-state index is 12.0. The minimum Gasteiger partial charge on any atom is -0.390 e. The Hall–Kier alpha value is -1.92. The van der Waals surface area contributed by atoms with Gasteiger partial charge in [0.25, 0.3) is 0 Å². The lowest BCUT2D eigenvalue weighted by molar-refractivity contribution is 0.142. The van der Waals surface area contributed by atoms with Crippen molar-refractivity contribution in [1.82, 2.24) is 15.6 Å². The van der Waals surface area contributed by atoms with Gasteiger partial charge >= 0.3 is 6.03 Å². The Labute approximate surface area is 127 Å². The van der Waals surface area contributed by atoms with Crippen LogP contribution in [0.3, 0.4) is 0 Å². The van der Waals surface area contributed by atoms with Crippen molar-refractivity contribution >= 4 is 17.4 Å². The largest absolute Gasteiger partial charge is 0.390 e. The van der Waals surface area contributed by atoms with E-state index in [1.54, 1.807) is 17.5 Å². The van der Waals surface area contributed by atoms with Gasteiger partial charge in [-0.25, -0.2) is 9.78 Å². The first kappa shape index (κ1) is 14.0. The first-order chi connectivity index (χ1) is 10.1. The van der Waals surface area contributed by atoms with Crippen LogP contribution in [0.25, 0.3) is 0 Å². The number of thiazole rings is 1. The number of carbonyl (C=O) groups is 1. The molecule has 1 aromatic carbocycles. The average molecular weight is 303 g/mol. The number of hydrogen-bond donors (Lipinski definition) is 3. The Morgan fingerprint density at radius 2 is 2.29 bits per heavy atom. The summed E-state index contributed by atoms with van der Waals surface area (Å²) < 4.78 is 0. The van der Waals surface area contributed by atoms with Gasteiger partial charge in [-0.15, -0.1) is 11.3 Å². The Morgan fingerprint density at radius 1 is 1.48 bits per heavy atom. The molecule has 2 amide bonds. The lowest BCUT2D eigenvalue weighted by Gasteiger charge is -2.18. The summed E-state index contributed by atoms with van der Waals surface area (Å²) in [6.07, 6.45) is 1.79. The van der Waals surface area contributed by atoms with E-state index in [1.807, 2.05) is 31.2 Å². The van der Waals surface area contributed by atoms with E-state index in [9.17, 15) is 9.90 Å². The molecule has 21 heavy (non-hydrogen) atoms. The maximum absolute atomic E-state index is 12.0. The highest BCUT2D eigenvalue weighted by Gasteiger charge is 2.31. The number of carbonyl (C=O) groups excluding carboxylic acids is 1. The van der Waals surface area contributed by atoms with Gasteiger partial charge in [-0.3, -0.25) is 0 Å². The third-order valence-corrected chi connectivity index (χ3v) is 4.47. The molecule has 0 fully saturated rings. The molecule has 3 N–H and O–H groups in total. The predicted octanol–water partition coefficient (Wildman–Crippen LogP) is 1.91. The van der Waals surface area contributed by atoms with Crippen LogP contribution >= 0.6 is 11.3 Å². The zero-order valence-electron chi connectivity index (χ0n) is 11.7. The summed E-state index contributed by atoms with van der Waals surface area (Å²) in [5.41, 5.74) is 2.08. The summed E-state index contributed by atoms with van der Waals surface area (Å²) in [5, 5.41) is 16.6. The van der Waals surface area contributed by atoms with Crippen molar-refractivity contribution in [2.24, 2.45) is 0 Å². The van der Waals surface area contributed by atoms with Crippen LogP contribution in [-0.2, 0) is 13.0 Å². The minimum atomic E-state index is -0.574. The molecule has 6 heteroatoms. The molecule has 3 rings (SSSR count). The van der Waals surface area contributed by atoms with Crippen LogP contribution < -0.4 is 10.6 Å². The fraction of sp³-hybridized carbons (Fsp3) is 0.333. The number of benzene rings is 1. The number of nitrogens with zero attached hydrogens (tertiary/aromatic N) is 1. The van der Waals surface area contributed by atoms with Gasteiger partial charge in [-0.2, -0.15) is 0 Å². The topological polar surface area (TPSA) is 74.2 Å². The molecule has 1 heterocycles.